The number of benzene rings is 2. The number of carbonyl (C=O) groups is 2. The molecule has 3 unspecified atom stereocenters. The van der Waals surface area contributed by atoms with Gasteiger partial charge in [0.2, 0.25) is 5.91 Å². The van der Waals surface area contributed by atoms with Crippen molar-refractivity contribution < 1.29 is 9.59 Å². The molecule has 0 radical (unpaired) electrons. The van der Waals surface area contributed by atoms with Crippen molar-refractivity contribution in [2.24, 2.45) is 11.8 Å². The van der Waals surface area contributed by atoms with Crippen LogP contribution in [0.15, 0.2) is 54.6 Å². The van der Waals surface area contributed by atoms with E-state index in [0.717, 1.165) is 31.1 Å². The maximum absolute atomic E-state index is 12.9. The van der Waals surface area contributed by atoms with E-state index in [0.29, 0.717) is 5.56 Å². The molecular formula is C24H31N3O2. The number of hydrogen-bond acceptors (Lipinski definition) is 3. The van der Waals surface area contributed by atoms with Crippen molar-refractivity contribution >= 4 is 23.2 Å². The highest BCUT2D eigenvalue weighted by Gasteiger charge is 2.26. The van der Waals surface area contributed by atoms with Crippen LogP contribution in [0, 0.1) is 11.8 Å². The van der Waals surface area contributed by atoms with Crippen LogP contribution >= 0.6 is 0 Å². The Labute approximate surface area is 173 Å². The lowest BCUT2D eigenvalue weighted by atomic mass is 9.97. The molecule has 29 heavy (non-hydrogen) atoms. The normalized spacial score (nSPS) is 18.2. The Hall–Kier alpha value is -2.82. The summed E-state index contributed by atoms with van der Waals surface area (Å²) in [5.41, 5.74) is 2.48. The van der Waals surface area contributed by atoms with Crippen molar-refractivity contribution in [3.8, 4) is 0 Å². The Morgan fingerprint density at radius 1 is 1.10 bits per heavy atom. The van der Waals surface area contributed by atoms with Crippen molar-refractivity contribution in [2.75, 3.05) is 23.3 Å². The Balaban J connectivity index is 1.66. The fourth-order valence-corrected chi connectivity index (χ4v) is 3.66. The van der Waals surface area contributed by atoms with Gasteiger partial charge >= 0.3 is 0 Å². The van der Waals surface area contributed by atoms with Crippen LogP contribution in [0.5, 0.6) is 0 Å². The van der Waals surface area contributed by atoms with Gasteiger partial charge in [-0.25, -0.2) is 0 Å². The Bertz CT molecular complexity index is 820. The van der Waals surface area contributed by atoms with Gasteiger partial charge in [0, 0.05) is 30.0 Å². The van der Waals surface area contributed by atoms with Crippen LogP contribution < -0.4 is 15.5 Å². The summed E-state index contributed by atoms with van der Waals surface area (Å²) in [6, 6.07) is 16.4. The second-order valence-electron chi connectivity index (χ2n) is 8.08. The standard InChI is InChI=1S/C24H31N3O2/c1-4-18(3)22(26-23(28)19-8-6-5-7-9-19)24(29)25-20-10-12-21(13-11-20)27-15-14-17(2)16-27/h5-13,17-18,22H,4,14-16H2,1-3H3,(H,25,29)(H,26,28). The zero-order valence-corrected chi connectivity index (χ0v) is 17.5. The van der Waals surface area contributed by atoms with Crippen LogP contribution in [0.1, 0.15) is 44.0 Å². The molecule has 5 heteroatoms. The van der Waals surface area contributed by atoms with E-state index in [-0.39, 0.29) is 17.7 Å². The zero-order valence-electron chi connectivity index (χ0n) is 17.5. The van der Waals surface area contributed by atoms with Crippen molar-refractivity contribution in [2.45, 2.75) is 39.7 Å². The van der Waals surface area contributed by atoms with E-state index < -0.39 is 6.04 Å². The Morgan fingerprint density at radius 3 is 2.38 bits per heavy atom. The van der Waals surface area contributed by atoms with Gasteiger partial charge in [0.25, 0.3) is 5.91 Å². The lowest BCUT2D eigenvalue weighted by molar-refractivity contribution is -0.119. The van der Waals surface area contributed by atoms with Crippen LogP contribution in [-0.2, 0) is 4.79 Å². The van der Waals surface area contributed by atoms with E-state index in [9.17, 15) is 9.59 Å². The fraction of sp³-hybridized carbons (Fsp3) is 0.417. The predicted molar refractivity (Wildman–Crippen MR) is 118 cm³/mol. The molecule has 0 spiro atoms. The fourth-order valence-electron chi connectivity index (χ4n) is 3.66. The molecule has 1 aliphatic rings. The maximum atomic E-state index is 12.9. The molecule has 0 saturated carbocycles. The second kappa shape index (κ2) is 9.59. The van der Waals surface area contributed by atoms with Crippen LogP contribution in [-0.4, -0.2) is 30.9 Å². The number of carbonyl (C=O) groups excluding carboxylic acids is 2. The monoisotopic (exact) mass is 393 g/mol. The SMILES string of the molecule is CCC(C)C(NC(=O)c1ccccc1)C(=O)Nc1ccc(N2CCC(C)C2)cc1. The topological polar surface area (TPSA) is 61.4 Å². The van der Waals surface area contributed by atoms with Gasteiger partial charge < -0.3 is 15.5 Å². The number of nitrogens with zero attached hydrogens (tertiary/aromatic N) is 1. The van der Waals surface area contributed by atoms with Crippen LogP contribution in [0.2, 0.25) is 0 Å². The van der Waals surface area contributed by atoms with Gasteiger partial charge in [-0.15, -0.1) is 0 Å². The molecule has 154 valence electrons. The number of amides is 2. The summed E-state index contributed by atoms with van der Waals surface area (Å²) < 4.78 is 0. The summed E-state index contributed by atoms with van der Waals surface area (Å²) in [5, 5.41) is 5.87. The van der Waals surface area contributed by atoms with E-state index in [1.807, 2.05) is 44.2 Å². The maximum Gasteiger partial charge on any atom is 0.251 e. The largest absolute Gasteiger partial charge is 0.371 e. The van der Waals surface area contributed by atoms with Gasteiger partial charge in [-0.3, -0.25) is 9.59 Å². The van der Waals surface area contributed by atoms with Crippen molar-refractivity contribution in [3.05, 3.63) is 60.2 Å². The molecular weight excluding hydrogens is 362 g/mol. The van der Waals surface area contributed by atoms with E-state index in [1.165, 1.54) is 12.1 Å². The summed E-state index contributed by atoms with van der Waals surface area (Å²) >= 11 is 0. The lowest BCUT2D eigenvalue weighted by Crippen LogP contribution is -2.47. The van der Waals surface area contributed by atoms with Gasteiger partial charge in [0.1, 0.15) is 6.04 Å². The Kier molecular flexibility index (Phi) is 6.91. The van der Waals surface area contributed by atoms with E-state index in [2.05, 4.69) is 34.6 Å². The van der Waals surface area contributed by atoms with E-state index in [1.54, 1.807) is 12.1 Å². The number of rotatable bonds is 7. The number of nitrogens with one attached hydrogen (secondary N) is 2. The molecule has 3 atom stereocenters. The number of hydrogen-bond donors (Lipinski definition) is 2. The smallest absolute Gasteiger partial charge is 0.251 e. The first-order chi connectivity index (χ1) is 14.0. The molecule has 1 heterocycles. The van der Waals surface area contributed by atoms with Gasteiger partial charge in [-0.1, -0.05) is 45.4 Å². The summed E-state index contributed by atoms with van der Waals surface area (Å²) in [7, 11) is 0. The average molecular weight is 394 g/mol. The first-order valence-electron chi connectivity index (χ1n) is 10.5. The third-order valence-electron chi connectivity index (χ3n) is 5.74. The lowest BCUT2D eigenvalue weighted by Gasteiger charge is -2.24. The summed E-state index contributed by atoms with van der Waals surface area (Å²) in [6.45, 7) is 8.42. The Morgan fingerprint density at radius 2 is 1.79 bits per heavy atom. The van der Waals surface area contributed by atoms with Gasteiger partial charge in [0.15, 0.2) is 0 Å². The van der Waals surface area contributed by atoms with Crippen LogP contribution in [0.25, 0.3) is 0 Å². The highest BCUT2D eigenvalue weighted by molar-refractivity contribution is 6.01. The molecule has 3 rings (SSSR count). The first kappa shape index (κ1) is 20.9. The van der Waals surface area contributed by atoms with Gasteiger partial charge in [0.05, 0.1) is 0 Å². The predicted octanol–water partition coefficient (Wildman–Crippen LogP) is 4.32. The summed E-state index contributed by atoms with van der Waals surface area (Å²) in [4.78, 5) is 27.9. The minimum Gasteiger partial charge on any atom is -0.371 e. The van der Waals surface area contributed by atoms with Crippen molar-refractivity contribution in [1.29, 1.82) is 0 Å². The second-order valence-corrected chi connectivity index (χ2v) is 8.08. The minimum atomic E-state index is -0.591. The van der Waals surface area contributed by atoms with Crippen LogP contribution in [0.3, 0.4) is 0 Å². The average Bonchev–Trinajstić information content (AvgIpc) is 3.18. The number of anilines is 2. The molecule has 1 aliphatic heterocycles. The minimum absolute atomic E-state index is 0.0213. The molecule has 2 N–H and O–H groups in total. The highest BCUT2D eigenvalue weighted by atomic mass is 16.2. The zero-order chi connectivity index (χ0) is 20.8. The van der Waals surface area contributed by atoms with Gasteiger partial charge in [-0.2, -0.15) is 0 Å². The molecule has 2 amide bonds. The van der Waals surface area contributed by atoms with Crippen molar-refractivity contribution in [3.63, 3.8) is 0 Å². The third kappa shape index (κ3) is 5.37. The van der Waals surface area contributed by atoms with Crippen molar-refractivity contribution in [1.82, 2.24) is 5.32 Å². The van der Waals surface area contributed by atoms with E-state index >= 15 is 0 Å². The molecule has 2 aromatic rings. The quantitative estimate of drug-likeness (QED) is 0.737. The molecule has 5 nitrogen and oxygen atoms in total. The van der Waals surface area contributed by atoms with Crippen LogP contribution in [0.4, 0.5) is 11.4 Å². The third-order valence-corrected chi connectivity index (χ3v) is 5.74. The summed E-state index contributed by atoms with van der Waals surface area (Å²) in [6.07, 6.45) is 2.01. The molecule has 0 bridgehead atoms. The molecule has 1 fully saturated rings. The molecule has 0 aromatic heterocycles. The molecule has 0 aliphatic carbocycles. The molecule has 1 saturated heterocycles. The first-order valence-corrected chi connectivity index (χ1v) is 10.5. The molecule has 2 aromatic carbocycles. The van der Waals surface area contributed by atoms with E-state index in [4.69, 9.17) is 0 Å². The summed E-state index contributed by atoms with van der Waals surface area (Å²) in [5.74, 6) is 0.322. The highest BCUT2D eigenvalue weighted by Crippen LogP contribution is 2.25. The van der Waals surface area contributed by atoms with Gasteiger partial charge in [-0.05, 0) is 54.7 Å².